The van der Waals surface area contributed by atoms with Gasteiger partial charge < -0.3 is 5.11 Å². The molecule has 1 aliphatic rings. The van der Waals surface area contributed by atoms with Gasteiger partial charge in [-0.3, -0.25) is 4.89 Å². The summed E-state index contributed by atoms with van der Waals surface area (Å²) in [5.41, 5.74) is 5.83. The molecule has 36 heavy (non-hydrogen) atoms. The molecule has 1 aliphatic carbocycles. The van der Waals surface area contributed by atoms with Crippen LogP contribution in [0.4, 0.5) is 0 Å². The zero-order valence-electron chi connectivity index (χ0n) is 21.2. The minimum atomic E-state index is -0.798. The van der Waals surface area contributed by atoms with E-state index in [0.717, 1.165) is 24.8 Å². The van der Waals surface area contributed by atoms with Crippen molar-refractivity contribution >= 4 is 11.5 Å². The Morgan fingerprint density at radius 2 is 1.81 bits per heavy atom. The highest BCUT2D eigenvalue weighted by Gasteiger charge is 2.14. The molecule has 0 saturated carbocycles. The van der Waals surface area contributed by atoms with Gasteiger partial charge in [-0.15, -0.1) is 0 Å². The molecule has 1 atom stereocenters. The van der Waals surface area contributed by atoms with Crippen LogP contribution in [0, 0.1) is 0 Å². The summed E-state index contributed by atoms with van der Waals surface area (Å²) in [4.78, 5) is 31.5. The molecule has 0 aromatic heterocycles. The second-order valence-corrected chi connectivity index (χ2v) is 8.83. The number of carbonyl (C=O) groups is 1. The Balaban J connectivity index is 1.77. The third-order valence-corrected chi connectivity index (χ3v) is 6.13. The molecule has 0 saturated heterocycles. The second kappa shape index (κ2) is 14.4. The van der Waals surface area contributed by atoms with E-state index in [1.165, 1.54) is 55.1 Å². The first kappa shape index (κ1) is 27.4. The summed E-state index contributed by atoms with van der Waals surface area (Å²) in [6.45, 7) is 5.17. The Morgan fingerprint density at radius 3 is 2.47 bits per heavy atom. The molecule has 1 unspecified atom stereocenters. The van der Waals surface area contributed by atoms with E-state index in [0.29, 0.717) is 5.75 Å². The highest BCUT2D eigenvalue weighted by atomic mass is 17.2. The van der Waals surface area contributed by atoms with E-state index in [1.807, 2.05) is 18.2 Å². The molecular formula is C30H36O6. The molecule has 0 spiro atoms. The molecule has 6 nitrogen and oxygen atoms in total. The van der Waals surface area contributed by atoms with E-state index in [-0.39, 0.29) is 11.7 Å². The number of unbranched alkanes of at least 4 members (excludes halogenated alkanes) is 4. The number of hydrogen-bond donors (Lipinski definition) is 1. The average molecular weight is 493 g/mol. The Labute approximate surface area is 213 Å². The van der Waals surface area contributed by atoms with Gasteiger partial charge in [-0.25, -0.2) is 19.5 Å². The monoisotopic (exact) mass is 492 g/mol. The first-order valence-electron chi connectivity index (χ1n) is 12.5. The Morgan fingerprint density at radius 1 is 1.06 bits per heavy atom. The predicted molar refractivity (Wildman–Crippen MR) is 141 cm³/mol. The van der Waals surface area contributed by atoms with Crippen LogP contribution in [0.2, 0.25) is 0 Å². The number of carbonyl (C=O) groups excluding carboxylic acids is 1. The normalized spacial score (nSPS) is 14.9. The number of aryl methyl sites for hydroxylation is 1. The van der Waals surface area contributed by atoms with Crippen molar-refractivity contribution in [3.05, 3.63) is 84.0 Å². The maximum atomic E-state index is 11.6. The second-order valence-electron chi connectivity index (χ2n) is 8.83. The number of aliphatic hydroxyl groups is 1. The average Bonchev–Trinajstić information content (AvgIpc) is 2.92. The van der Waals surface area contributed by atoms with Gasteiger partial charge in [0.05, 0.1) is 19.3 Å². The van der Waals surface area contributed by atoms with Gasteiger partial charge in [0.25, 0.3) is 0 Å². The molecule has 192 valence electrons. The van der Waals surface area contributed by atoms with Gasteiger partial charge in [-0.1, -0.05) is 87.7 Å². The quantitative estimate of drug-likeness (QED) is 0.140. The zero-order valence-corrected chi connectivity index (χ0v) is 21.2. The number of aliphatic hydroxyl groups excluding tert-OH is 1. The summed E-state index contributed by atoms with van der Waals surface area (Å²) in [5.74, 6) is -0.408. The lowest BCUT2D eigenvalue weighted by Crippen LogP contribution is -2.12. The summed E-state index contributed by atoms with van der Waals surface area (Å²) < 4.78 is 0. The van der Waals surface area contributed by atoms with Gasteiger partial charge in [0.1, 0.15) is 6.10 Å². The van der Waals surface area contributed by atoms with E-state index < -0.39 is 12.6 Å². The number of hydrogen-bond acceptors (Lipinski definition) is 6. The fraction of sp³-hybridized carbons (Fsp3) is 0.367. The van der Waals surface area contributed by atoms with Gasteiger partial charge in [-0.05, 0) is 59.2 Å². The molecule has 2 aromatic rings. The Kier molecular flexibility index (Phi) is 11.0. The lowest BCUT2D eigenvalue weighted by molar-refractivity contribution is -0.292. The van der Waals surface area contributed by atoms with E-state index in [2.05, 4.69) is 43.9 Å². The maximum Gasteiger partial charge on any atom is 0.383 e. The van der Waals surface area contributed by atoms with Gasteiger partial charge >= 0.3 is 5.97 Å². The van der Waals surface area contributed by atoms with E-state index in [9.17, 15) is 4.79 Å². The molecule has 0 heterocycles. The van der Waals surface area contributed by atoms with Crippen LogP contribution in [0.3, 0.4) is 0 Å². The van der Waals surface area contributed by atoms with Crippen LogP contribution in [0.5, 0.6) is 5.75 Å². The first-order chi connectivity index (χ1) is 17.5. The molecule has 3 rings (SSSR count). The molecule has 0 bridgehead atoms. The van der Waals surface area contributed by atoms with Crippen molar-refractivity contribution in [2.24, 2.45) is 0 Å². The number of benzene rings is 2. The summed E-state index contributed by atoms with van der Waals surface area (Å²) in [6, 6.07) is 14.0. The third-order valence-electron chi connectivity index (χ3n) is 6.13. The van der Waals surface area contributed by atoms with Crippen molar-refractivity contribution in [2.45, 2.75) is 58.0 Å². The van der Waals surface area contributed by atoms with Crippen molar-refractivity contribution in [1.82, 2.24) is 0 Å². The van der Waals surface area contributed by atoms with Crippen LogP contribution >= 0.6 is 0 Å². The SMILES string of the molecule is C=C(CO)C(=O)OOc1ccc(-c2ccc(C3=CCC(OOC)C=C3)cc2CCCCCCC)cc1. The lowest BCUT2D eigenvalue weighted by atomic mass is 9.90. The van der Waals surface area contributed by atoms with E-state index >= 15 is 0 Å². The Hall–Kier alpha value is -3.19. The van der Waals surface area contributed by atoms with Crippen LogP contribution in [0.15, 0.2) is 72.8 Å². The zero-order chi connectivity index (χ0) is 25.8. The molecule has 6 heteroatoms. The smallest absolute Gasteiger partial charge is 0.383 e. The Bertz CT molecular complexity index is 1070. The predicted octanol–water partition coefficient (Wildman–Crippen LogP) is 6.54. The minimum absolute atomic E-state index is 0.0576. The van der Waals surface area contributed by atoms with E-state index in [1.54, 1.807) is 12.1 Å². The van der Waals surface area contributed by atoms with Gasteiger partial charge in [-0.2, -0.15) is 0 Å². The van der Waals surface area contributed by atoms with Crippen molar-refractivity contribution in [1.29, 1.82) is 0 Å². The van der Waals surface area contributed by atoms with E-state index in [4.69, 9.17) is 24.7 Å². The topological polar surface area (TPSA) is 74.2 Å². The first-order valence-corrected chi connectivity index (χ1v) is 12.5. The molecule has 0 radical (unpaired) electrons. The maximum absolute atomic E-state index is 11.6. The fourth-order valence-corrected chi connectivity index (χ4v) is 4.09. The van der Waals surface area contributed by atoms with Crippen LogP contribution in [0.1, 0.15) is 56.6 Å². The van der Waals surface area contributed by atoms with Crippen molar-refractivity contribution in [3.63, 3.8) is 0 Å². The molecule has 0 fully saturated rings. The third kappa shape index (κ3) is 7.92. The summed E-state index contributed by atoms with van der Waals surface area (Å²) in [6.07, 6.45) is 14.1. The summed E-state index contributed by atoms with van der Waals surface area (Å²) >= 11 is 0. The van der Waals surface area contributed by atoms with Crippen LogP contribution in [-0.2, 0) is 25.9 Å². The van der Waals surface area contributed by atoms with Crippen LogP contribution in [-0.4, -0.2) is 30.9 Å². The van der Waals surface area contributed by atoms with Crippen molar-refractivity contribution in [2.75, 3.05) is 13.7 Å². The van der Waals surface area contributed by atoms with Crippen LogP contribution < -0.4 is 4.89 Å². The van der Waals surface area contributed by atoms with Crippen molar-refractivity contribution in [3.8, 4) is 16.9 Å². The number of rotatable bonds is 14. The standard InChI is InChI=1S/C30H36O6/c1-4-5-6-7-8-9-26-20-25(23-10-15-27(16-11-23)34-33-3)14-19-29(26)24-12-17-28(18-13-24)35-36-30(32)22(2)21-31/h10-15,17-20,27,31H,2,4-9,16,21H2,1,3H3. The molecule has 0 aliphatic heterocycles. The highest BCUT2D eigenvalue weighted by molar-refractivity contribution is 5.87. The van der Waals surface area contributed by atoms with Gasteiger partial charge in [0.2, 0.25) is 0 Å². The van der Waals surface area contributed by atoms with Gasteiger partial charge in [0, 0.05) is 0 Å². The fourth-order valence-electron chi connectivity index (χ4n) is 4.09. The number of allylic oxidation sites excluding steroid dienone is 2. The highest BCUT2D eigenvalue weighted by Crippen LogP contribution is 2.31. The lowest BCUT2D eigenvalue weighted by Gasteiger charge is -2.17. The summed E-state index contributed by atoms with van der Waals surface area (Å²) in [7, 11) is 1.53. The van der Waals surface area contributed by atoms with Crippen LogP contribution in [0.25, 0.3) is 16.7 Å². The minimum Gasteiger partial charge on any atom is -0.391 e. The van der Waals surface area contributed by atoms with Crippen molar-refractivity contribution < 1.29 is 29.5 Å². The molecule has 2 aromatic carbocycles. The molecular weight excluding hydrogens is 456 g/mol. The largest absolute Gasteiger partial charge is 0.391 e. The summed E-state index contributed by atoms with van der Waals surface area (Å²) in [5, 5.41) is 8.96. The molecule has 0 amide bonds. The van der Waals surface area contributed by atoms with Gasteiger partial charge in [0.15, 0.2) is 5.75 Å². The molecule has 1 N–H and O–H groups in total.